The first-order chi connectivity index (χ1) is 6.88. The lowest BCUT2D eigenvalue weighted by atomic mass is 10.1. The zero-order valence-corrected chi connectivity index (χ0v) is 9.20. The van der Waals surface area contributed by atoms with E-state index in [1.165, 1.54) is 11.8 Å². The molecule has 0 aromatic heterocycles. The van der Waals surface area contributed by atoms with Gasteiger partial charge >= 0.3 is 5.97 Å². The Morgan fingerprint density at radius 1 is 1.33 bits per heavy atom. The van der Waals surface area contributed by atoms with Crippen LogP contribution in [0.5, 0.6) is 0 Å². The molecule has 0 aromatic rings. The first-order valence-electron chi connectivity index (χ1n) is 4.23. The van der Waals surface area contributed by atoms with Crippen molar-refractivity contribution in [1.29, 1.82) is 0 Å². The molecule has 0 fully saturated rings. The van der Waals surface area contributed by atoms with Gasteiger partial charge in [0.1, 0.15) is 11.4 Å². The van der Waals surface area contributed by atoms with Crippen LogP contribution in [-0.4, -0.2) is 37.9 Å². The van der Waals surface area contributed by atoms with Gasteiger partial charge in [-0.25, -0.2) is 9.18 Å². The van der Waals surface area contributed by atoms with E-state index in [9.17, 15) is 14.0 Å². The molecule has 0 aliphatic heterocycles. The number of halogens is 1. The lowest BCUT2D eigenvalue weighted by molar-refractivity contribution is -0.137. The SMILES string of the molecule is COC(=O)C(=CC(F)=CN(C)C)C(C)=O. The first-order valence-corrected chi connectivity index (χ1v) is 4.23. The molecule has 0 amide bonds. The molecule has 0 saturated carbocycles. The van der Waals surface area contributed by atoms with E-state index in [1.54, 1.807) is 14.1 Å². The normalized spacial score (nSPS) is 12.3. The number of Topliss-reactive ketones (excluding diaryl/α,β-unsaturated/α-hetero) is 1. The first kappa shape index (κ1) is 13.4. The summed E-state index contributed by atoms with van der Waals surface area (Å²) in [4.78, 5) is 23.5. The molecule has 0 atom stereocenters. The molecule has 0 N–H and O–H groups in total. The lowest BCUT2D eigenvalue weighted by Crippen LogP contribution is -2.12. The number of esters is 1. The van der Waals surface area contributed by atoms with Crippen LogP contribution < -0.4 is 0 Å². The number of allylic oxidation sites excluding steroid dienone is 2. The molecule has 0 unspecified atom stereocenters. The molecule has 0 aromatic carbocycles. The number of ether oxygens (including phenoxy) is 1. The molecule has 5 heteroatoms. The number of methoxy groups -OCH3 is 1. The number of ketones is 1. The summed E-state index contributed by atoms with van der Waals surface area (Å²) in [5.41, 5.74) is -0.312. The molecule has 4 nitrogen and oxygen atoms in total. The summed E-state index contributed by atoms with van der Waals surface area (Å²) in [5, 5.41) is 0. The fraction of sp³-hybridized carbons (Fsp3) is 0.400. The number of hydrogen-bond donors (Lipinski definition) is 0. The van der Waals surface area contributed by atoms with Gasteiger partial charge in [0.05, 0.1) is 7.11 Å². The Morgan fingerprint density at radius 2 is 1.87 bits per heavy atom. The van der Waals surface area contributed by atoms with Gasteiger partial charge in [-0.05, 0) is 13.0 Å². The number of hydrogen-bond acceptors (Lipinski definition) is 4. The maximum Gasteiger partial charge on any atom is 0.341 e. The van der Waals surface area contributed by atoms with Crippen LogP contribution in [0.1, 0.15) is 6.92 Å². The lowest BCUT2D eigenvalue weighted by Gasteiger charge is -2.04. The van der Waals surface area contributed by atoms with Crippen LogP contribution in [0.25, 0.3) is 0 Å². The van der Waals surface area contributed by atoms with Gasteiger partial charge in [-0.1, -0.05) is 0 Å². The van der Waals surface area contributed by atoms with E-state index in [0.29, 0.717) is 0 Å². The standard InChI is InChI=1S/C10H14FNO3/c1-7(13)9(10(14)15-4)5-8(11)6-12(2)3/h5-6H,1-4H3. The summed E-state index contributed by atoms with van der Waals surface area (Å²) in [5.74, 6) is -2.07. The van der Waals surface area contributed by atoms with Crippen LogP contribution in [0.15, 0.2) is 23.7 Å². The maximum atomic E-state index is 13.1. The van der Waals surface area contributed by atoms with E-state index >= 15 is 0 Å². The van der Waals surface area contributed by atoms with Gasteiger partial charge < -0.3 is 9.64 Å². The van der Waals surface area contributed by atoms with E-state index < -0.39 is 17.6 Å². The molecule has 0 aliphatic rings. The highest BCUT2D eigenvalue weighted by Gasteiger charge is 2.15. The highest BCUT2D eigenvalue weighted by Crippen LogP contribution is 2.07. The Kier molecular flexibility index (Phi) is 5.30. The molecule has 0 saturated heterocycles. The third-order valence-corrected chi connectivity index (χ3v) is 1.45. The van der Waals surface area contributed by atoms with E-state index in [-0.39, 0.29) is 5.57 Å². The van der Waals surface area contributed by atoms with Crippen molar-refractivity contribution in [2.45, 2.75) is 6.92 Å². The second-order valence-corrected chi connectivity index (χ2v) is 3.08. The summed E-state index contributed by atoms with van der Waals surface area (Å²) >= 11 is 0. The van der Waals surface area contributed by atoms with E-state index in [2.05, 4.69) is 4.74 Å². The summed E-state index contributed by atoms with van der Waals surface area (Å²) < 4.78 is 17.5. The average molecular weight is 215 g/mol. The third-order valence-electron chi connectivity index (χ3n) is 1.45. The second kappa shape index (κ2) is 5.95. The number of carbonyl (C=O) groups excluding carboxylic acids is 2. The molecule has 0 radical (unpaired) electrons. The number of carbonyl (C=O) groups is 2. The van der Waals surface area contributed by atoms with Crippen LogP contribution in [0.4, 0.5) is 4.39 Å². The van der Waals surface area contributed by atoms with Crippen molar-refractivity contribution in [3.8, 4) is 0 Å². The second-order valence-electron chi connectivity index (χ2n) is 3.08. The summed E-state index contributed by atoms with van der Waals surface area (Å²) in [6, 6.07) is 0. The topological polar surface area (TPSA) is 46.6 Å². The van der Waals surface area contributed by atoms with Crippen molar-refractivity contribution in [2.75, 3.05) is 21.2 Å². The van der Waals surface area contributed by atoms with Crippen LogP contribution in [0, 0.1) is 0 Å². The van der Waals surface area contributed by atoms with Gasteiger partial charge in [0.15, 0.2) is 5.78 Å². The molecule has 0 spiro atoms. The predicted molar refractivity (Wildman–Crippen MR) is 53.7 cm³/mol. The third kappa shape index (κ3) is 4.95. The van der Waals surface area contributed by atoms with Crippen molar-refractivity contribution >= 4 is 11.8 Å². The van der Waals surface area contributed by atoms with Crippen molar-refractivity contribution in [1.82, 2.24) is 4.90 Å². The Balaban J connectivity index is 5.01. The van der Waals surface area contributed by atoms with Gasteiger partial charge in [0, 0.05) is 20.3 Å². The minimum absolute atomic E-state index is 0.312. The minimum Gasteiger partial charge on any atom is -0.465 e. The van der Waals surface area contributed by atoms with Crippen LogP contribution in [0.3, 0.4) is 0 Å². The van der Waals surface area contributed by atoms with Crippen LogP contribution >= 0.6 is 0 Å². The van der Waals surface area contributed by atoms with Crippen LogP contribution in [0.2, 0.25) is 0 Å². The van der Waals surface area contributed by atoms with Gasteiger partial charge in [0.2, 0.25) is 0 Å². The van der Waals surface area contributed by atoms with E-state index in [1.807, 2.05) is 0 Å². The summed E-state index contributed by atoms with van der Waals surface area (Å²) in [7, 11) is 4.38. The Labute approximate surface area is 88.0 Å². The fourth-order valence-electron chi connectivity index (χ4n) is 0.836. The van der Waals surface area contributed by atoms with Gasteiger partial charge in [-0.2, -0.15) is 0 Å². The molecule has 0 heterocycles. The zero-order chi connectivity index (χ0) is 12.0. The molecule has 15 heavy (non-hydrogen) atoms. The number of nitrogens with zero attached hydrogens (tertiary/aromatic N) is 1. The predicted octanol–water partition coefficient (Wildman–Crippen LogP) is 1.05. The van der Waals surface area contributed by atoms with Crippen molar-refractivity contribution in [3.63, 3.8) is 0 Å². The molecule has 0 aliphatic carbocycles. The van der Waals surface area contributed by atoms with Gasteiger partial charge in [-0.3, -0.25) is 4.79 Å². The smallest absolute Gasteiger partial charge is 0.341 e. The number of rotatable bonds is 4. The highest BCUT2D eigenvalue weighted by molar-refractivity contribution is 6.16. The summed E-state index contributed by atoms with van der Waals surface area (Å²) in [6.45, 7) is 1.17. The fourth-order valence-corrected chi connectivity index (χ4v) is 0.836. The zero-order valence-electron chi connectivity index (χ0n) is 9.20. The van der Waals surface area contributed by atoms with Crippen LogP contribution in [-0.2, 0) is 14.3 Å². The van der Waals surface area contributed by atoms with Crippen molar-refractivity contribution in [3.05, 3.63) is 23.7 Å². The molecule has 84 valence electrons. The molecular formula is C10H14FNO3. The Hall–Kier alpha value is -1.65. The summed E-state index contributed by atoms with van der Waals surface area (Å²) in [6.07, 6.45) is 2.00. The molecule has 0 rings (SSSR count). The average Bonchev–Trinajstić information content (AvgIpc) is 2.11. The molecular weight excluding hydrogens is 201 g/mol. The monoisotopic (exact) mass is 215 g/mol. The van der Waals surface area contributed by atoms with Gasteiger partial charge in [0.25, 0.3) is 0 Å². The largest absolute Gasteiger partial charge is 0.465 e. The quantitative estimate of drug-likeness (QED) is 0.231. The van der Waals surface area contributed by atoms with Crippen molar-refractivity contribution in [2.24, 2.45) is 0 Å². The maximum absolute atomic E-state index is 13.1. The Bertz CT molecular complexity index is 319. The van der Waals surface area contributed by atoms with E-state index in [0.717, 1.165) is 19.4 Å². The highest BCUT2D eigenvalue weighted by atomic mass is 19.1. The Morgan fingerprint density at radius 3 is 2.20 bits per heavy atom. The van der Waals surface area contributed by atoms with E-state index in [4.69, 9.17) is 0 Å². The van der Waals surface area contributed by atoms with Gasteiger partial charge in [-0.15, -0.1) is 0 Å². The minimum atomic E-state index is -0.843. The molecule has 0 bridgehead atoms. The van der Waals surface area contributed by atoms with Crippen molar-refractivity contribution < 1.29 is 18.7 Å².